The van der Waals surface area contributed by atoms with Crippen LogP contribution in [0.4, 0.5) is 23.1 Å². The van der Waals surface area contributed by atoms with Gasteiger partial charge in [0.1, 0.15) is 5.82 Å². The summed E-state index contributed by atoms with van der Waals surface area (Å²) < 4.78 is 0. The molecule has 126 valence electrons. The lowest BCUT2D eigenvalue weighted by Gasteiger charge is -2.23. The van der Waals surface area contributed by atoms with Gasteiger partial charge in [-0.1, -0.05) is 41.4 Å². The van der Waals surface area contributed by atoms with Crippen molar-refractivity contribution in [3.8, 4) is 0 Å². The van der Waals surface area contributed by atoms with Crippen LogP contribution in [0.25, 0.3) is 0 Å². The number of aromatic nitrogens is 2. The molecule has 1 unspecified atom stereocenters. The predicted molar refractivity (Wildman–Crippen MR) is 104 cm³/mol. The smallest absolute Gasteiger partial charge is 0.232 e. The van der Waals surface area contributed by atoms with E-state index < -0.39 is 0 Å². The van der Waals surface area contributed by atoms with Crippen molar-refractivity contribution in [1.82, 2.24) is 9.97 Å². The molecular weight excluding hydrogens is 355 g/mol. The summed E-state index contributed by atoms with van der Waals surface area (Å²) >= 11 is 12.1. The van der Waals surface area contributed by atoms with Crippen molar-refractivity contribution in [2.75, 3.05) is 10.2 Å². The minimum absolute atomic E-state index is 0.313. The van der Waals surface area contributed by atoms with Crippen LogP contribution in [-0.4, -0.2) is 16.0 Å². The molecule has 25 heavy (non-hydrogen) atoms. The van der Waals surface area contributed by atoms with Crippen LogP contribution in [0, 0.1) is 0 Å². The van der Waals surface area contributed by atoms with Crippen LogP contribution in [-0.2, 0) is 6.42 Å². The minimum Gasteiger partial charge on any atom is -0.340 e. The number of nitrogens with zero attached hydrogens (tertiary/aromatic N) is 3. The summed E-state index contributed by atoms with van der Waals surface area (Å²) in [6.07, 6.45) is 2.74. The van der Waals surface area contributed by atoms with Crippen LogP contribution >= 0.6 is 23.2 Å². The van der Waals surface area contributed by atoms with Gasteiger partial charge in [0, 0.05) is 33.7 Å². The lowest BCUT2D eigenvalue weighted by Crippen LogP contribution is -2.25. The molecule has 0 saturated carbocycles. The van der Waals surface area contributed by atoms with Gasteiger partial charge in [0.25, 0.3) is 0 Å². The second-order valence-corrected chi connectivity index (χ2v) is 6.95. The van der Waals surface area contributed by atoms with E-state index in [1.807, 2.05) is 24.3 Å². The van der Waals surface area contributed by atoms with Crippen LogP contribution < -0.4 is 10.2 Å². The van der Waals surface area contributed by atoms with Crippen molar-refractivity contribution < 1.29 is 0 Å². The first-order valence-electron chi connectivity index (χ1n) is 8.03. The number of fused-ring (bicyclic) bond motifs is 1. The van der Waals surface area contributed by atoms with Crippen molar-refractivity contribution in [1.29, 1.82) is 0 Å². The number of hydrogen-bond donors (Lipinski definition) is 1. The maximum Gasteiger partial charge on any atom is 0.232 e. The zero-order valence-corrected chi connectivity index (χ0v) is 15.1. The Labute approximate surface area is 156 Å². The van der Waals surface area contributed by atoms with E-state index in [-0.39, 0.29) is 0 Å². The number of hydrogen-bond acceptors (Lipinski definition) is 4. The van der Waals surface area contributed by atoms with Gasteiger partial charge in [-0.3, -0.25) is 0 Å². The highest BCUT2D eigenvalue weighted by Crippen LogP contribution is 2.36. The van der Waals surface area contributed by atoms with Gasteiger partial charge < -0.3 is 10.2 Å². The Bertz CT molecular complexity index is 909. The van der Waals surface area contributed by atoms with Gasteiger partial charge in [0.15, 0.2) is 0 Å². The lowest BCUT2D eigenvalue weighted by molar-refractivity contribution is 0.740. The summed E-state index contributed by atoms with van der Waals surface area (Å²) in [6.45, 7) is 2.18. The van der Waals surface area contributed by atoms with Gasteiger partial charge in [-0.2, -0.15) is 4.98 Å². The molecule has 4 nitrogen and oxygen atoms in total. The van der Waals surface area contributed by atoms with Gasteiger partial charge in [-0.15, -0.1) is 0 Å². The van der Waals surface area contributed by atoms with Crippen LogP contribution in [0.2, 0.25) is 10.0 Å². The molecule has 6 heteroatoms. The van der Waals surface area contributed by atoms with Crippen molar-refractivity contribution in [2.45, 2.75) is 19.4 Å². The third-order valence-corrected chi connectivity index (χ3v) is 4.64. The van der Waals surface area contributed by atoms with Gasteiger partial charge in [0.2, 0.25) is 5.95 Å². The zero-order valence-electron chi connectivity index (χ0n) is 13.6. The summed E-state index contributed by atoms with van der Waals surface area (Å²) in [7, 11) is 0. The molecule has 0 bridgehead atoms. The number of para-hydroxylation sites is 1. The monoisotopic (exact) mass is 370 g/mol. The molecule has 0 aliphatic carbocycles. The summed E-state index contributed by atoms with van der Waals surface area (Å²) in [6, 6.07) is 15.8. The maximum atomic E-state index is 6.06. The highest BCUT2D eigenvalue weighted by atomic mass is 35.5. The molecule has 0 radical (unpaired) electrons. The molecule has 2 heterocycles. The number of benzene rings is 2. The molecular formula is C19H16Cl2N4. The maximum absolute atomic E-state index is 6.06. The number of rotatable bonds is 3. The molecule has 0 fully saturated rings. The van der Waals surface area contributed by atoms with Crippen LogP contribution in [0.5, 0.6) is 0 Å². The first-order valence-corrected chi connectivity index (χ1v) is 8.79. The van der Waals surface area contributed by atoms with E-state index in [0.29, 0.717) is 27.9 Å². The molecule has 4 rings (SSSR count). The average Bonchev–Trinajstić information content (AvgIpc) is 2.90. The Morgan fingerprint density at radius 1 is 1.08 bits per heavy atom. The van der Waals surface area contributed by atoms with Gasteiger partial charge >= 0.3 is 0 Å². The molecule has 1 aliphatic heterocycles. The summed E-state index contributed by atoms with van der Waals surface area (Å²) in [5.74, 6) is 1.37. The highest BCUT2D eigenvalue weighted by Gasteiger charge is 2.28. The Morgan fingerprint density at radius 3 is 2.64 bits per heavy atom. The first kappa shape index (κ1) is 16.2. The second kappa shape index (κ2) is 6.54. The summed E-state index contributed by atoms with van der Waals surface area (Å²) in [5, 5.41) is 4.39. The van der Waals surface area contributed by atoms with Gasteiger partial charge in [-0.25, -0.2) is 4.98 Å². The third-order valence-electron chi connectivity index (χ3n) is 4.20. The quantitative estimate of drug-likeness (QED) is 0.650. The van der Waals surface area contributed by atoms with Crippen molar-refractivity contribution in [3.05, 3.63) is 70.3 Å². The number of nitrogens with one attached hydrogen (secondary N) is 1. The standard InChI is InChI=1S/C19H16Cl2N4/c1-12-8-13-4-2-3-5-17(13)25(12)19-22-7-6-18(24-19)23-16-10-14(20)9-15(21)11-16/h2-7,9-12H,8H2,1H3,(H,22,23,24). The van der Waals surface area contributed by atoms with E-state index in [0.717, 1.165) is 17.8 Å². The van der Waals surface area contributed by atoms with Gasteiger partial charge in [-0.05, 0) is 49.2 Å². The molecule has 1 atom stereocenters. The Morgan fingerprint density at radius 2 is 1.84 bits per heavy atom. The highest BCUT2D eigenvalue weighted by molar-refractivity contribution is 6.35. The van der Waals surface area contributed by atoms with Crippen LogP contribution in [0.1, 0.15) is 12.5 Å². The molecule has 1 aromatic heterocycles. The summed E-state index contributed by atoms with van der Waals surface area (Å²) in [4.78, 5) is 11.3. The fourth-order valence-corrected chi connectivity index (χ4v) is 3.70. The Kier molecular flexibility index (Phi) is 4.24. The molecule has 3 aromatic rings. The van der Waals surface area contributed by atoms with Gasteiger partial charge in [0.05, 0.1) is 0 Å². The zero-order chi connectivity index (χ0) is 17.4. The largest absolute Gasteiger partial charge is 0.340 e. The van der Waals surface area contributed by atoms with E-state index in [1.54, 1.807) is 12.3 Å². The van der Waals surface area contributed by atoms with Crippen LogP contribution in [0.15, 0.2) is 54.7 Å². The van der Waals surface area contributed by atoms with E-state index >= 15 is 0 Å². The van der Waals surface area contributed by atoms with E-state index in [9.17, 15) is 0 Å². The summed E-state index contributed by atoms with van der Waals surface area (Å²) in [5.41, 5.74) is 3.27. The van der Waals surface area contributed by atoms with Crippen molar-refractivity contribution >= 4 is 46.3 Å². The van der Waals surface area contributed by atoms with E-state index in [4.69, 9.17) is 23.2 Å². The third kappa shape index (κ3) is 3.28. The molecule has 0 spiro atoms. The Balaban J connectivity index is 1.66. The van der Waals surface area contributed by atoms with E-state index in [2.05, 4.69) is 45.3 Å². The number of halogens is 2. The van der Waals surface area contributed by atoms with E-state index in [1.165, 1.54) is 5.56 Å². The van der Waals surface area contributed by atoms with Crippen molar-refractivity contribution in [2.24, 2.45) is 0 Å². The fraction of sp³-hybridized carbons (Fsp3) is 0.158. The predicted octanol–water partition coefficient (Wildman–Crippen LogP) is 5.61. The molecule has 0 saturated heterocycles. The minimum atomic E-state index is 0.313. The normalized spacial score (nSPS) is 16.0. The average molecular weight is 371 g/mol. The lowest BCUT2D eigenvalue weighted by atomic mass is 10.1. The SMILES string of the molecule is CC1Cc2ccccc2N1c1nccc(Nc2cc(Cl)cc(Cl)c2)n1. The molecule has 0 amide bonds. The number of anilines is 4. The molecule has 1 N–H and O–H groups in total. The second-order valence-electron chi connectivity index (χ2n) is 6.08. The van der Waals surface area contributed by atoms with Crippen LogP contribution in [0.3, 0.4) is 0 Å². The first-order chi connectivity index (χ1) is 12.1. The Hall–Kier alpha value is -2.30. The topological polar surface area (TPSA) is 41.1 Å². The van der Waals surface area contributed by atoms with Crippen molar-refractivity contribution in [3.63, 3.8) is 0 Å². The fourth-order valence-electron chi connectivity index (χ4n) is 3.18. The molecule has 2 aromatic carbocycles. The molecule has 1 aliphatic rings.